The van der Waals surface area contributed by atoms with Crippen LogP contribution < -0.4 is 10.1 Å². The Morgan fingerprint density at radius 2 is 2.24 bits per heavy atom. The number of aromatic nitrogens is 2. The summed E-state index contributed by atoms with van der Waals surface area (Å²) in [5, 5.41) is 7.85. The molecule has 0 fully saturated rings. The Morgan fingerprint density at radius 1 is 1.43 bits per heavy atom. The Morgan fingerprint density at radius 3 is 2.90 bits per heavy atom. The molecule has 0 aliphatic carbocycles. The molecule has 0 saturated carbocycles. The fourth-order valence-electron chi connectivity index (χ4n) is 3.03. The van der Waals surface area contributed by atoms with E-state index < -0.39 is 0 Å². The highest BCUT2D eigenvalue weighted by Gasteiger charge is 2.22. The summed E-state index contributed by atoms with van der Waals surface area (Å²) in [5.41, 5.74) is 4.79. The number of nitrogens with one attached hydrogen (secondary N) is 1. The minimum absolute atomic E-state index is 0.221. The van der Waals surface area contributed by atoms with Gasteiger partial charge in [0.2, 0.25) is 0 Å². The SMILES string of the molecule is CNC(Cc1cc(Br)cc2c1OCC2)c1cc(C)nn1C. The fourth-order valence-corrected chi connectivity index (χ4v) is 3.58. The van der Waals surface area contributed by atoms with E-state index in [9.17, 15) is 0 Å². The first kappa shape index (κ1) is 14.6. The standard InChI is InChI=1S/C16H20BrN3O/c1-10-6-15(20(3)19-10)14(18-2)9-12-8-13(17)7-11-4-5-21-16(11)12/h6-8,14,18H,4-5,9H2,1-3H3. The van der Waals surface area contributed by atoms with Crippen LogP contribution in [0.15, 0.2) is 22.7 Å². The molecular formula is C16H20BrN3O. The lowest BCUT2D eigenvalue weighted by Crippen LogP contribution is -2.21. The number of benzene rings is 1. The van der Waals surface area contributed by atoms with Crippen molar-refractivity contribution in [3.8, 4) is 5.75 Å². The van der Waals surface area contributed by atoms with Crippen LogP contribution in [0.5, 0.6) is 5.75 Å². The number of rotatable bonds is 4. The molecule has 1 aromatic carbocycles. The third kappa shape index (κ3) is 2.85. The Labute approximate surface area is 133 Å². The van der Waals surface area contributed by atoms with Crippen molar-refractivity contribution in [3.63, 3.8) is 0 Å². The lowest BCUT2D eigenvalue weighted by molar-refractivity contribution is 0.351. The first-order valence-electron chi connectivity index (χ1n) is 7.20. The van der Waals surface area contributed by atoms with Gasteiger partial charge in [0, 0.05) is 17.9 Å². The summed E-state index contributed by atoms with van der Waals surface area (Å²) in [6.07, 6.45) is 1.88. The molecule has 112 valence electrons. The Balaban J connectivity index is 1.93. The molecule has 0 spiro atoms. The van der Waals surface area contributed by atoms with Gasteiger partial charge in [-0.3, -0.25) is 4.68 Å². The van der Waals surface area contributed by atoms with E-state index in [-0.39, 0.29) is 6.04 Å². The lowest BCUT2D eigenvalue weighted by atomic mass is 9.99. The van der Waals surface area contributed by atoms with E-state index >= 15 is 0 Å². The maximum atomic E-state index is 5.83. The number of aryl methyl sites for hydroxylation is 2. The summed E-state index contributed by atoms with van der Waals surface area (Å²) in [5.74, 6) is 1.07. The van der Waals surface area contributed by atoms with Crippen molar-refractivity contribution in [2.45, 2.75) is 25.8 Å². The molecule has 4 nitrogen and oxygen atoms in total. The highest BCUT2D eigenvalue weighted by atomic mass is 79.9. The number of hydrogen-bond donors (Lipinski definition) is 1. The van der Waals surface area contributed by atoms with Crippen LogP contribution in [0.1, 0.15) is 28.6 Å². The van der Waals surface area contributed by atoms with Crippen molar-refractivity contribution in [2.75, 3.05) is 13.7 Å². The van der Waals surface area contributed by atoms with Crippen molar-refractivity contribution >= 4 is 15.9 Å². The van der Waals surface area contributed by atoms with E-state index in [0.717, 1.165) is 35.4 Å². The van der Waals surface area contributed by atoms with E-state index in [4.69, 9.17) is 4.74 Å². The Kier molecular flexibility index (Phi) is 4.04. The molecule has 1 N–H and O–H groups in total. The number of fused-ring (bicyclic) bond motifs is 1. The van der Waals surface area contributed by atoms with Crippen molar-refractivity contribution in [1.82, 2.24) is 15.1 Å². The van der Waals surface area contributed by atoms with Gasteiger partial charge in [-0.15, -0.1) is 0 Å². The predicted molar refractivity (Wildman–Crippen MR) is 86.8 cm³/mol. The molecule has 0 saturated heterocycles. The van der Waals surface area contributed by atoms with Crippen LogP contribution in [0.3, 0.4) is 0 Å². The van der Waals surface area contributed by atoms with Crippen molar-refractivity contribution < 1.29 is 4.74 Å². The Bertz CT molecular complexity index is 666. The zero-order valence-corrected chi connectivity index (χ0v) is 14.2. The van der Waals surface area contributed by atoms with Gasteiger partial charge in [0.1, 0.15) is 5.75 Å². The minimum Gasteiger partial charge on any atom is -0.493 e. The van der Waals surface area contributed by atoms with Gasteiger partial charge in [0.25, 0.3) is 0 Å². The highest BCUT2D eigenvalue weighted by Crippen LogP contribution is 2.35. The monoisotopic (exact) mass is 349 g/mol. The largest absolute Gasteiger partial charge is 0.493 e. The van der Waals surface area contributed by atoms with Crippen LogP contribution in [0.25, 0.3) is 0 Å². The fraction of sp³-hybridized carbons (Fsp3) is 0.438. The maximum absolute atomic E-state index is 5.83. The molecule has 0 amide bonds. The average molecular weight is 350 g/mol. The van der Waals surface area contributed by atoms with Crippen LogP contribution in [0.2, 0.25) is 0 Å². The van der Waals surface area contributed by atoms with Gasteiger partial charge in [0.05, 0.1) is 24.0 Å². The molecule has 0 bridgehead atoms. The normalized spacial score (nSPS) is 14.9. The first-order valence-corrected chi connectivity index (χ1v) is 7.99. The van der Waals surface area contributed by atoms with Crippen LogP contribution in [-0.2, 0) is 19.9 Å². The second-order valence-electron chi connectivity index (χ2n) is 5.53. The van der Waals surface area contributed by atoms with Gasteiger partial charge < -0.3 is 10.1 Å². The third-order valence-corrected chi connectivity index (χ3v) is 4.45. The van der Waals surface area contributed by atoms with Gasteiger partial charge >= 0.3 is 0 Å². The maximum Gasteiger partial charge on any atom is 0.125 e. The van der Waals surface area contributed by atoms with Crippen LogP contribution >= 0.6 is 15.9 Å². The lowest BCUT2D eigenvalue weighted by Gasteiger charge is -2.18. The zero-order valence-electron chi connectivity index (χ0n) is 12.6. The first-order chi connectivity index (χ1) is 10.1. The van der Waals surface area contributed by atoms with E-state index in [1.807, 2.05) is 25.7 Å². The van der Waals surface area contributed by atoms with Crippen molar-refractivity contribution in [2.24, 2.45) is 7.05 Å². The zero-order chi connectivity index (χ0) is 15.0. The molecule has 5 heteroatoms. The number of likely N-dealkylation sites (N-methyl/N-ethyl adjacent to an activating group) is 1. The molecule has 21 heavy (non-hydrogen) atoms. The van der Waals surface area contributed by atoms with E-state index in [1.54, 1.807) is 0 Å². The van der Waals surface area contributed by atoms with E-state index in [1.165, 1.54) is 16.8 Å². The molecule has 2 heterocycles. The highest BCUT2D eigenvalue weighted by molar-refractivity contribution is 9.10. The topological polar surface area (TPSA) is 39.1 Å². The summed E-state index contributed by atoms with van der Waals surface area (Å²) >= 11 is 3.61. The van der Waals surface area contributed by atoms with Gasteiger partial charge in [-0.1, -0.05) is 15.9 Å². The van der Waals surface area contributed by atoms with Crippen molar-refractivity contribution in [1.29, 1.82) is 0 Å². The number of hydrogen-bond acceptors (Lipinski definition) is 3. The third-order valence-electron chi connectivity index (χ3n) is 3.99. The second-order valence-corrected chi connectivity index (χ2v) is 6.45. The molecular weight excluding hydrogens is 330 g/mol. The second kappa shape index (κ2) is 5.81. The van der Waals surface area contributed by atoms with E-state index in [0.29, 0.717) is 0 Å². The number of nitrogens with zero attached hydrogens (tertiary/aromatic N) is 2. The molecule has 1 aromatic heterocycles. The van der Waals surface area contributed by atoms with E-state index in [2.05, 4.69) is 44.5 Å². The van der Waals surface area contributed by atoms with Crippen LogP contribution in [-0.4, -0.2) is 23.4 Å². The van der Waals surface area contributed by atoms with Crippen molar-refractivity contribution in [3.05, 3.63) is 45.2 Å². The summed E-state index contributed by atoms with van der Waals surface area (Å²) in [6, 6.07) is 6.69. The number of halogens is 1. The molecule has 2 aromatic rings. The molecule has 1 aliphatic heterocycles. The molecule has 1 atom stereocenters. The van der Waals surface area contributed by atoms with Gasteiger partial charge in [0.15, 0.2) is 0 Å². The Hall–Kier alpha value is -1.33. The molecule has 1 aliphatic rings. The van der Waals surface area contributed by atoms with Crippen LogP contribution in [0, 0.1) is 6.92 Å². The minimum atomic E-state index is 0.221. The summed E-state index contributed by atoms with van der Waals surface area (Å²) in [7, 11) is 3.99. The summed E-state index contributed by atoms with van der Waals surface area (Å²) in [4.78, 5) is 0. The quantitative estimate of drug-likeness (QED) is 0.922. The molecule has 3 rings (SSSR count). The van der Waals surface area contributed by atoms with Gasteiger partial charge in [-0.05, 0) is 49.7 Å². The summed E-state index contributed by atoms with van der Waals surface area (Å²) < 4.78 is 8.91. The molecule has 1 unspecified atom stereocenters. The smallest absolute Gasteiger partial charge is 0.125 e. The summed E-state index contributed by atoms with van der Waals surface area (Å²) in [6.45, 7) is 2.81. The average Bonchev–Trinajstić information content (AvgIpc) is 3.02. The predicted octanol–water partition coefficient (Wildman–Crippen LogP) is 2.93. The van der Waals surface area contributed by atoms with Gasteiger partial charge in [-0.25, -0.2) is 0 Å². The molecule has 0 radical (unpaired) electrons. The van der Waals surface area contributed by atoms with Crippen LogP contribution in [0.4, 0.5) is 0 Å². The van der Waals surface area contributed by atoms with Gasteiger partial charge in [-0.2, -0.15) is 5.10 Å². The number of ether oxygens (including phenoxy) is 1.